The van der Waals surface area contributed by atoms with Gasteiger partial charge in [0, 0.05) is 17.9 Å². The zero-order valence-corrected chi connectivity index (χ0v) is 17.9. The number of ether oxygens (including phenoxy) is 1. The number of anilines is 2. The third-order valence-electron chi connectivity index (χ3n) is 4.82. The van der Waals surface area contributed by atoms with E-state index >= 15 is 0 Å². The largest absolute Gasteiger partial charge is 0.616 e. The molecule has 0 bridgehead atoms. The van der Waals surface area contributed by atoms with Crippen molar-refractivity contribution in [2.45, 2.75) is 33.3 Å². The van der Waals surface area contributed by atoms with Crippen molar-refractivity contribution in [3.05, 3.63) is 47.7 Å². The van der Waals surface area contributed by atoms with E-state index in [9.17, 15) is 18.1 Å². The van der Waals surface area contributed by atoms with Gasteiger partial charge in [-0.1, -0.05) is 43.2 Å². The molecule has 0 saturated carbocycles. The summed E-state index contributed by atoms with van der Waals surface area (Å²) in [6.45, 7) is 3.03. The molecule has 2 amide bonds. The molecule has 0 unspecified atom stereocenters. The monoisotopic (exact) mass is 437 g/mol. The van der Waals surface area contributed by atoms with Crippen LogP contribution < -0.4 is 15.0 Å². The molecule has 1 aromatic heterocycles. The number of carbonyl (C=O) groups excluding carboxylic acids is 1. The third-order valence-corrected chi connectivity index (χ3v) is 6.51. The number of aromatic nitrogens is 1. The van der Waals surface area contributed by atoms with E-state index in [1.165, 1.54) is 6.07 Å². The first kappa shape index (κ1) is 22.3. The number of pyridine rings is 1. The zero-order chi connectivity index (χ0) is 21.8. The van der Waals surface area contributed by atoms with Crippen LogP contribution in [0.3, 0.4) is 0 Å². The second-order valence-corrected chi connectivity index (χ2v) is 9.12. The van der Waals surface area contributed by atoms with E-state index in [1.54, 1.807) is 17.9 Å². The van der Waals surface area contributed by atoms with Crippen molar-refractivity contribution in [2.24, 2.45) is 5.92 Å². The number of carbonyl (C=O) groups is 1. The molecule has 0 aliphatic carbocycles. The highest BCUT2D eigenvalue weighted by Gasteiger charge is 2.35. The Morgan fingerprint density at radius 1 is 1.30 bits per heavy atom. The minimum Gasteiger partial charge on any atom is -0.616 e. The quantitative estimate of drug-likeness (QED) is 0.646. The van der Waals surface area contributed by atoms with Crippen LogP contribution in [-0.4, -0.2) is 40.2 Å². The standard InChI is InChI=1S/C21H25F2N3O3S/c1-13(2)16-6-4-5-7-18(16)26(10-15-11-30(28)12-15)21(27)25-17-9-8-14(3)24-19(17)29-20(22)23/h4-9,13,15,20H,10-12H2,1-3H3,(H,25,27). The molecule has 2 heterocycles. The summed E-state index contributed by atoms with van der Waals surface area (Å²) in [4.78, 5) is 18.8. The number of hydrogen-bond donors (Lipinski definition) is 1. The maximum Gasteiger partial charge on any atom is 0.388 e. The molecule has 1 aliphatic heterocycles. The Labute approximate surface area is 177 Å². The van der Waals surface area contributed by atoms with Crippen LogP contribution in [0.5, 0.6) is 5.88 Å². The maximum absolute atomic E-state index is 13.2. The number of amides is 2. The van der Waals surface area contributed by atoms with Crippen LogP contribution in [0.15, 0.2) is 36.4 Å². The molecule has 30 heavy (non-hydrogen) atoms. The number of benzene rings is 1. The number of halogens is 2. The average molecular weight is 438 g/mol. The molecule has 3 rings (SSSR count). The Bertz CT molecular complexity index is 892. The fourth-order valence-corrected chi connectivity index (χ4v) is 4.50. The van der Waals surface area contributed by atoms with Gasteiger partial charge in [0.25, 0.3) is 0 Å². The van der Waals surface area contributed by atoms with Gasteiger partial charge in [-0.2, -0.15) is 8.78 Å². The number of rotatable bonds is 7. The fraction of sp³-hybridized carbons (Fsp3) is 0.429. The van der Waals surface area contributed by atoms with Gasteiger partial charge in [0.1, 0.15) is 17.2 Å². The molecule has 1 N–H and O–H groups in total. The molecular weight excluding hydrogens is 412 g/mol. The van der Waals surface area contributed by atoms with Gasteiger partial charge in [0.15, 0.2) is 0 Å². The number of nitrogens with zero attached hydrogens (tertiary/aromatic N) is 2. The lowest BCUT2D eigenvalue weighted by Gasteiger charge is -2.34. The molecule has 0 atom stereocenters. The molecule has 1 saturated heterocycles. The summed E-state index contributed by atoms with van der Waals surface area (Å²) in [5, 5.41) is 2.66. The Hall–Kier alpha value is -2.39. The summed E-state index contributed by atoms with van der Waals surface area (Å²) < 4.78 is 41.6. The molecule has 6 nitrogen and oxygen atoms in total. The van der Waals surface area contributed by atoms with E-state index in [0.29, 0.717) is 23.7 Å². The third kappa shape index (κ3) is 5.40. The summed E-state index contributed by atoms with van der Waals surface area (Å²) in [6.07, 6.45) is 0. The highest BCUT2D eigenvalue weighted by molar-refractivity contribution is 7.92. The number of aryl methyl sites for hydroxylation is 1. The van der Waals surface area contributed by atoms with Crippen LogP contribution in [0.2, 0.25) is 0 Å². The van der Waals surface area contributed by atoms with Gasteiger partial charge in [0.2, 0.25) is 5.88 Å². The molecular formula is C21H25F2N3O3S. The molecule has 0 spiro atoms. The van der Waals surface area contributed by atoms with E-state index in [4.69, 9.17) is 0 Å². The smallest absolute Gasteiger partial charge is 0.388 e. The van der Waals surface area contributed by atoms with E-state index in [1.807, 2.05) is 38.1 Å². The molecule has 1 aliphatic rings. The Morgan fingerprint density at radius 2 is 2.00 bits per heavy atom. The highest BCUT2D eigenvalue weighted by atomic mass is 32.2. The predicted molar refractivity (Wildman–Crippen MR) is 114 cm³/mol. The van der Waals surface area contributed by atoms with Crippen molar-refractivity contribution in [1.29, 1.82) is 0 Å². The zero-order valence-electron chi connectivity index (χ0n) is 17.1. The van der Waals surface area contributed by atoms with Crippen molar-refractivity contribution in [3.8, 4) is 5.88 Å². The summed E-state index contributed by atoms with van der Waals surface area (Å²) in [6, 6.07) is 10.2. The minimum absolute atomic E-state index is 0.0649. The fourth-order valence-electron chi connectivity index (χ4n) is 3.34. The van der Waals surface area contributed by atoms with Crippen molar-refractivity contribution < 1.29 is 22.9 Å². The Kier molecular flexibility index (Phi) is 7.14. The first-order valence-corrected chi connectivity index (χ1v) is 11.2. The van der Waals surface area contributed by atoms with E-state index < -0.39 is 23.8 Å². The lowest BCUT2D eigenvalue weighted by atomic mass is 10.00. The van der Waals surface area contributed by atoms with Crippen molar-refractivity contribution >= 4 is 28.6 Å². The summed E-state index contributed by atoms with van der Waals surface area (Å²) in [5.74, 6) is 1.04. The van der Waals surface area contributed by atoms with E-state index in [2.05, 4.69) is 15.0 Å². The van der Waals surface area contributed by atoms with Gasteiger partial charge in [-0.25, -0.2) is 9.78 Å². The van der Waals surface area contributed by atoms with Crippen LogP contribution in [-0.2, 0) is 11.2 Å². The van der Waals surface area contributed by atoms with Crippen molar-refractivity contribution in [3.63, 3.8) is 0 Å². The summed E-state index contributed by atoms with van der Waals surface area (Å²) in [7, 11) is 0. The SMILES string of the molecule is Cc1ccc(NC(=O)N(CC2C[S+]([O-])C2)c2ccccc2C(C)C)c(OC(F)F)n1. The van der Waals surface area contributed by atoms with Crippen LogP contribution in [0.25, 0.3) is 0 Å². The van der Waals surface area contributed by atoms with Gasteiger partial charge >= 0.3 is 12.6 Å². The second-order valence-electron chi connectivity index (χ2n) is 7.58. The Morgan fingerprint density at radius 3 is 2.63 bits per heavy atom. The number of nitrogens with one attached hydrogen (secondary N) is 1. The first-order valence-electron chi connectivity index (χ1n) is 9.69. The van der Waals surface area contributed by atoms with Crippen molar-refractivity contribution in [1.82, 2.24) is 4.98 Å². The van der Waals surface area contributed by atoms with Crippen molar-refractivity contribution in [2.75, 3.05) is 28.3 Å². The number of alkyl halides is 2. The van der Waals surface area contributed by atoms with Crippen LogP contribution in [0.1, 0.15) is 31.0 Å². The number of urea groups is 1. The predicted octanol–water partition coefficient (Wildman–Crippen LogP) is 4.53. The topological polar surface area (TPSA) is 77.5 Å². The Balaban J connectivity index is 1.90. The minimum atomic E-state index is -3.06. The highest BCUT2D eigenvalue weighted by Crippen LogP contribution is 2.31. The average Bonchev–Trinajstić information content (AvgIpc) is 2.66. The molecule has 0 radical (unpaired) electrons. The first-order chi connectivity index (χ1) is 14.2. The normalized spacial score (nSPS) is 18.3. The molecule has 9 heteroatoms. The lowest BCUT2D eigenvalue weighted by Crippen LogP contribution is -2.47. The summed E-state index contributed by atoms with van der Waals surface area (Å²) >= 11 is -0.845. The maximum atomic E-state index is 13.2. The molecule has 162 valence electrons. The molecule has 2 aromatic rings. The van der Waals surface area contributed by atoms with Gasteiger partial charge in [-0.3, -0.25) is 4.90 Å². The summed E-state index contributed by atoms with van der Waals surface area (Å²) in [5.41, 5.74) is 2.27. The second kappa shape index (κ2) is 9.61. The van der Waals surface area contributed by atoms with Gasteiger partial charge < -0.3 is 14.6 Å². The van der Waals surface area contributed by atoms with E-state index in [0.717, 1.165) is 11.3 Å². The van der Waals surface area contributed by atoms with E-state index in [-0.39, 0.29) is 23.4 Å². The lowest BCUT2D eigenvalue weighted by molar-refractivity contribution is -0.0523. The number of para-hydroxylation sites is 1. The van der Waals surface area contributed by atoms with Gasteiger partial charge in [-0.05, 0) is 36.6 Å². The van der Waals surface area contributed by atoms with Crippen LogP contribution >= 0.6 is 0 Å². The van der Waals surface area contributed by atoms with Gasteiger partial charge in [-0.15, -0.1) is 0 Å². The van der Waals surface area contributed by atoms with Crippen LogP contribution in [0, 0.1) is 12.8 Å². The molecule has 1 aromatic carbocycles. The van der Waals surface area contributed by atoms with Gasteiger partial charge in [0.05, 0.1) is 5.92 Å². The number of hydrogen-bond acceptors (Lipinski definition) is 4. The molecule has 1 fully saturated rings. The van der Waals surface area contributed by atoms with Crippen LogP contribution in [0.4, 0.5) is 25.0 Å².